The number of hydrogen-bond acceptors (Lipinski definition) is 4. The van der Waals surface area contributed by atoms with E-state index >= 15 is 0 Å². The third-order valence-electron chi connectivity index (χ3n) is 5.57. The fraction of sp³-hybridized carbons (Fsp3) is 0.600. The van der Waals surface area contributed by atoms with E-state index in [1.165, 1.54) is 19.3 Å². The molecule has 5 heteroatoms. The van der Waals surface area contributed by atoms with Crippen LogP contribution < -0.4 is 14.9 Å². The molecule has 0 unspecified atom stereocenters. The molecule has 3 rings (SSSR count). The molecule has 2 fully saturated rings. The number of nitrogens with zero attached hydrogens (tertiary/aromatic N) is 1. The van der Waals surface area contributed by atoms with E-state index in [-0.39, 0.29) is 17.2 Å². The SMILES string of the molecule is CCOc1ccc(/C=N\NC(=O)[C@@H]2[C@H]3CCCC[C@@]32C)cc1OCC. The molecule has 3 atom stereocenters. The quantitative estimate of drug-likeness (QED) is 0.605. The molecule has 1 N–H and O–H groups in total. The first-order chi connectivity index (χ1) is 12.1. The van der Waals surface area contributed by atoms with Gasteiger partial charge >= 0.3 is 0 Å². The minimum Gasteiger partial charge on any atom is -0.490 e. The Kier molecular flexibility index (Phi) is 5.30. The normalized spacial score (nSPS) is 27.6. The summed E-state index contributed by atoms with van der Waals surface area (Å²) in [6.07, 6.45) is 6.49. The van der Waals surface area contributed by atoms with Crippen molar-refractivity contribution in [2.24, 2.45) is 22.4 Å². The molecule has 25 heavy (non-hydrogen) atoms. The van der Waals surface area contributed by atoms with Gasteiger partial charge < -0.3 is 9.47 Å². The Morgan fingerprint density at radius 2 is 2.04 bits per heavy atom. The van der Waals surface area contributed by atoms with Gasteiger partial charge in [-0.25, -0.2) is 5.43 Å². The molecule has 2 saturated carbocycles. The smallest absolute Gasteiger partial charge is 0.244 e. The fourth-order valence-electron chi connectivity index (χ4n) is 4.24. The molecule has 0 spiro atoms. The summed E-state index contributed by atoms with van der Waals surface area (Å²) >= 11 is 0. The standard InChI is InChI=1S/C20H28N2O3/c1-4-24-16-10-9-14(12-17(16)25-5-2)13-21-22-19(23)18-15-8-6-7-11-20(15,18)3/h9-10,12-13,15,18H,4-8,11H2,1-3H3,(H,22,23)/b21-13-/t15-,18+,20+/m1/s1. The zero-order valence-corrected chi connectivity index (χ0v) is 15.4. The number of rotatable bonds is 7. The topological polar surface area (TPSA) is 59.9 Å². The van der Waals surface area contributed by atoms with Crippen LogP contribution in [0.4, 0.5) is 0 Å². The number of carbonyl (C=O) groups is 1. The summed E-state index contributed by atoms with van der Waals surface area (Å²) in [5.74, 6) is 2.15. The van der Waals surface area contributed by atoms with Gasteiger partial charge in [-0.1, -0.05) is 19.8 Å². The van der Waals surface area contributed by atoms with Crippen LogP contribution in [0.2, 0.25) is 0 Å². The van der Waals surface area contributed by atoms with Crippen LogP contribution in [0.5, 0.6) is 11.5 Å². The molecule has 0 saturated heterocycles. The average Bonchev–Trinajstić information content (AvgIpc) is 3.23. The lowest BCUT2D eigenvalue weighted by Gasteiger charge is -2.15. The maximum absolute atomic E-state index is 12.4. The highest BCUT2D eigenvalue weighted by atomic mass is 16.5. The van der Waals surface area contributed by atoms with Gasteiger partial charge in [-0.3, -0.25) is 4.79 Å². The summed E-state index contributed by atoms with van der Waals surface area (Å²) in [5, 5.41) is 4.15. The van der Waals surface area contributed by atoms with Gasteiger partial charge in [0.05, 0.1) is 19.4 Å². The van der Waals surface area contributed by atoms with Gasteiger partial charge in [-0.2, -0.15) is 5.10 Å². The van der Waals surface area contributed by atoms with Gasteiger partial charge in [0.2, 0.25) is 5.91 Å². The highest BCUT2D eigenvalue weighted by Gasteiger charge is 2.64. The minimum atomic E-state index is 0.0571. The summed E-state index contributed by atoms with van der Waals surface area (Å²) in [7, 11) is 0. The van der Waals surface area contributed by atoms with E-state index < -0.39 is 0 Å². The maximum atomic E-state index is 12.4. The van der Waals surface area contributed by atoms with Crippen molar-refractivity contribution in [2.45, 2.75) is 46.5 Å². The fourth-order valence-corrected chi connectivity index (χ4v) is 4.24. The van der Waals surface area contributed by atoms with Gasteiger partial charge in [0.15, 0.2) is 11.5 Å². The van der Waals surface area contributed by atoms with E-state index in [1.807, 2.05) is 32.0 Å². The molecular formula is C20H28N2O3. The van der Waals surface area contributed by atoms with Crippen molar-refractivity contribution in [3.05, 3.63) is 23.8 Å². The zero-order valence-electron chi connectivity index (χ0n) is 15.4. The van der Waals surface area contributed by atoms with Crippen molar-refractivity contribution < 1.29 is 14.3 Å². The molecule has 0 aromatic heterocycles. The Morgan fingerprint density at radius 3 is 2.72 bits per heavy atom. The summed E-state index contributed by atoms with van der Waals surface area (Å²) in [6, 6.07) is 5.65. The van der Waals surface area contributed by atoms with Crippen LogP contribution in [-0.2, 0) is 4.79 Å². The molecule has 1 aromatic rings. The molecular weight excluding hydrogens is 316 g/mol. The Labute approximate surface area is 149 Å². The van der Waals surface area contributed by atoms with Crippen molar-refractivity contribution >= 4 is 12.1 Å². The number of nitrogens with one attached hydrogen (secondary N) is 1. The van der Waals surface area contributed by atoms with Crippen molar-refractivity contribution in [2.75, 3.05) is 13.2 Å². The first-order valence-electron chi connectivity index (χ1n) is 9.32. The van der Waals surface area contributed by atoms with Crippen molar-refractivity contribution in [1.82, 2.24) is 5.43 Å². The molecule has 0 aliphatic heterocycles. The van der Waals surface area contributed by atoms with Crippen molar-refractivity contribution in [3.8, 4) is 11.5 Å². The molecule has 5 nitrogen and oxygen atoms in total. The predicted octanol–water partition coefficient (Wildman–Crippen LogP) is 3.76. The zero-order chi connectivity index (χ0) is 17.9. The van der Waals surface area contributed by atoms with Crippen LogP contribution in [0.1, 0.15) is 52.0 Å². The van der Waals surface area contributed by atoms with Crippen LogP contribution in [0.25, 0.3) is 0 Å². The summed E-state index contributed by atoms with van der Waals surface area (Å²) in [6.45, 7) is 7.28. The third kappa shape index (κ3) is 3.65. The summed E-state index contributed by atoms with van der Waals surface area (Å²) in [5.41, 5.74) is 3.80. The minimum absolute atomic E-state index is 0.0571. The number of benzene rings is 1. The number of fused-ring (bicyclic) bond motifs is 1. The van der Waals surface area contributed by atoms with E-state index in [9.17, 15) is 4.79 Å². The van der Waals surface area contributed by atoms with Gasteiger partial charge in [0.25, 0.3) is 0 Å². The van der Waals surface area contributed by atoms with Crippen molar-refractivity contribution in [3.63, 3.8) is 0 Å². The lowest BCUT2D eigenvalue weighted by atomic mass is 9.90. The number of hydrogen-bond donors (Lipinski definition) is 1. The molecule has 2 aliphatic rings. The molecule has 136 valence electrons. The summed E-state index contributed by atoms with van der Waals surface area (Å²) in [4.78, 5) is 12.4. The van der Waals surface area contributed by atoms with Gasteiger partial charge in [-0.05, 0) is 61.8 Å². The third-order valence-corrected chi connectivity index (χ3v) is 5.57. The van der Waals surface area contributed by atoms with Crippen LogP contribution in [-0.4, -0.2) is 25.3 Å². The van der Waals surface area contributed by atoms with E-state index in [0.717, 1.165) is 17.7 Å². The van der Waals surface area contributed by atoms with Gasteiger partial charge in [-0.15, -0.1) is 0 Å². The second-order valence-electron chi connectivity index (χ2n) is 7.14. The Balaban J connectivity index is 1.60. The second-order valence-corrected chi connectivity index (χ2v) is 7.14. The largest absolute Gasteiger partial charge is 0.490 e. The van der Waals surface area contributed by atoms with E-state index in [0.29, 0.717) is 24.9 Å². The van der Waals surface area contributed by atoms with Gasteiger partial charge in [0.1, 0.15) is 0 Å². The molecule has 0 radical (unpaired) electrons. The van der Waals surface area contributed by atoms with E-state index in [1.54, 1.807) is 6.21 Å². The number of hydrazone groups is 1. The van der Waals surface area contributed by atoms with Crippen LogP contribution in [0.15, 0.2) is 23.3 Å². The first-order valence-corrected chi connectivity index (χ1v) is 9.32. The maximum Gasteiger partial charge on any atom is 0.244 e. The molecule has 2 aliphatic carbocycles. The number of amides is 1. The van der Waals surface area contributed by atoms with Crippen LogP contribution in [0.3, 0.4) is 0 Å². The highest BCUT2D eigenvalue weighted by Crippen LogP contribution is 2.66. The summed E-state index contributed by atoms with van der Waals surface area (Å²) < 4.78 is 11.2. The molecule has 0 heterocycles. The lowest BCUT2D eigenvalue weighted by molar-refractivity contribution is -0.123. The van der Waals surface area contributed by atoms with Gasteiger partial charge in [0, 0.05) is 5.92 Å². The first kappa shape index (κ1) is 17.8. The monoisotopic (exact) mass is 344 g/mol. The molecule has 1 aromatic carbocycles. The van der Waals surface area contributed by atoms with Crippen LogP contribution >= 0.6 is 0 Å². The van der Waals surface area contributed by atoms with E-state index in [4.69, 9.17) is 9.47 Å². The molecule has 1 amide bonds. The number of carbonyl (C=O) groups excluding carboxylic acids is 1. The second kappa shape index (κ2) is 7.46. The Hall–Kier alpha value is -2.04. The Bertz CT molecular complexity index is 658. The number of ether oxygens (including phenoxy) is 2. The Morgan fingerprint density at radius 1 is 1.28 bits per heavy atom. The molecule has 0 bridgehead atoms. The van der Waals surface area contributed by atoms with Crippen LogP contribution in [0, 0.1) is 17.3 Å². The van der Waals surface area contributed by atoms with E-state index in [2.05, 4.69) is 17.5 Å². The average molecular weight is 344 g/mol. The lowest BCUT2D eigenvalue weighted by Crippen LogP contribution is -2.22. The predicted molar refractivity (Wildman–Crippen MR) is 98.1 cm³/mol. The highest BCUT2D eigenvalue weighted by molar-refractivity contribution is 5.86. The van der Waals surface area contributed by atoms with Crippen molar-refractivity contribution in [1.29, 1.82) is 0 Å².